The van der Waals surface area contributed by atoms with E-state index in [9.17, 15) is 4.79 Å². The van der Waals surface area contributed by atoms with Crippen molar-refractivity contribution in [3.63, 3.8) is 0 Å². The fraction of sp³-hybridized carbons (Fsp3) is 0.474. The summed E-state index contributed by atoms with van der Waals surface area (Å²) < 4.78 is 5.42. The van der Waals surface area contributed by atoms with Gasteiger partial charge in [0, 0.05) is 24.1 Å². The number of nitrogens with one attached hydrogen (secondary N) is 1. The predicted molar refractivity (Wildman–Crippen MR) is 93.5 cm³/mol. The van der Waals surface area contributed by atoms with Crippen LogP contribution in [0, 0.1) is 0 Å². The fourth-order valence-electron chi connectivity index (χ4n) is 2.62. The lowest BCUT2D eigenvalue weighted by atomic mass is 10.1. The van der Waals surface area contributed by atoms with E-state index in [0.29, 0.717) is 6.04 Å². The Morgan fingerprint density at radius 1 is 1.38 bits per heavy atom. The SMILES string of the molecule is C[C@H](C(=O)NC1CC1)N(C)CCCc1cc(-c2ccccc2)no1. The molecule has 1 saturated carbocycles. The highest BCUT2D eigenvalue weighted by molar-refractivity contribution is 5.81. The average Bonchev–Trinajstić information content (AvgIpc) is 3.29. The topological polar surface area (TPSA) is 58.4 Å². The molecule has 2 aromatic rings. The molecule has 1 N–H and O–H groups in total. The number of aryl methyl sites for hydroxylation is 1. The molecule has 0 saturated heterocycles. The number of carbonyl (C=O) groups is 1. The van der Waals surface area contributed by atoms with Crippen LogP contribution >= 0.6 is 0 Å². The molecule has 0 spiro atoms. The first-order valence-corrected chi connectivity index (χ1v) is 8.65. The molecule has 1 fully saturated rings. The molecule has 1 aliphatic rings. The lowest BCUT2D eigenvalue weighted by Gasteiger charge is -2.23. The summed E-state index contributed by atoms with van der Waals surface area (Å²) >= 11 is 0. The number of hydrogen-bond donors (Lipinski definition) is 1. The molecule has 5 heteroatoms. The minimum atomic E-state index is -0.0970. The van der Waals surface area contributed by atoms with Crippen molar-refractivity contribution in [3.8, 4) is 11.3 Å². The number of hydrogen-bond acceptors (Lipinski definition) is 4. The van der Waals surface area contributed by atoms with Crippen LogP contribution in [0.25, 0.3) is 11.3 Å². The first kappa shape index (κ1) is 16.7. The van der Waals surface area contributed by atoms with Gasteiger partial charge in [-0.3, -0.25) is 9.69 Å². The first-order valence-electron chi connectivity index (χ1n) is 8.65. The van der Waals surface area contributed by atoms with Crippen LogP contribution < -0.4 is 5.32 Å². The first-order chi connectivity index (χ1) is 11.6. The van der Waals surface area contributed by atoms with Crippen molar-refractivity contribution in [1.82, 2.24) is 15.4 Å². The standard InChI is InChI=1S/C19H25N3O2/c1-14(19(23)20-16-10-11-16)22(2)12-6-9-17-13-18(21-24-17)15-7-4-3-5-8-15/h3-5,7-8,13-14,16H,6,9-12H2,1-2H3,(H,20,23)/t14-/m1/s1. The quantitative estimate of drug-likeness (QED) is 0.810. The van der Waals surface area contributed by atoms with E-state index in [2.05, 4.69) is 15.4 Å². The molecule has 1 aromatic heterocycles. The molecule has 0 aliphatic heterocycles. The molecular weight excluding hydrogens is 302 g/mol. The zero-order valence-electron chi connectivity index (χ0n) is 14.4. The highest BCUT2D eigenvalue weighted by Crippen LogP contribution is 2.20. The molecule has 1 heterocycles. The number of benzene rings is 1. The molecule has 3 rings (SSSR count). The van der Waals surface area contributed by atoms with Gasteiger partial charge in [0.2, 0.25) is 5.91 Å². The van der Waals surface area contributed by atoms with Crippen molar-refractivity contribution < 1.29 is 9.32 Å². The third-order valence-electron chi connectivity index (χ3n) is 4.53. The molecule has 0 unspecified atom stereocenters. The Hall–Kier alpha value is -2.14. The zero-order valence-corrected chi connectivity index (χ0v) is 14.4. The number of rotatable bonds is 8. The van der Waals surface area contributed by atoms with Crippen LogP contribution in [0.2, 0.25) is 0 Å². The molecular formula is C19H25N3O2. The molecule has 0 bridgehead atoms. The van der Waals surface area contributed by atoms with E-state index in [1.54, 1.807) is 0 Å². The van der Waals surface area contributed by atoms with E-state index in [1.807, 2.05) is 50.4 Å². The van der Waals surface area contributed by atoms with Gasteiger partial charge in [0.05, 0.1) is 6.04 Å². The summed E-state index contributed by atoms with van der Waals surface area (Å²) in [5, 5.41) is 7.19. The highest BCUT2D eigenvalue weighted by Gasteiger charge is 2.26. The Kier molecular flexibility index (Phi) is 5.30. The summed E-state index contributed by atoms with van der Waals surface area (Å²) in [4.78, 5) is 14.1. The van der Waals surface area contributed by atoms with Gasteiger partial charge in [0.15, 0.2) is 0 Å². The van der Waals surface area contributed by atoms with E-state index in [1.165, 1.54) is 0 Å². The minimum Gasteiger partial charge on any atom is -0.361 e. The Balaban J connectivity index is 1.44. The van der Waals surface area contributed by atoms with Crippen LogP contribution in [0.3, 0.4) is 0 Å². The summed E-state index contributed by atoms with van der Waals surface area (Å²) in [7, 11) is 1.99. The third-order valence-corrected chi connectivity index (χ3v) is 4.53. The van der Waals surface area contributed by atoms with E-state index in [-0.39, 0.29) is 11.9 Å². The van der Waals surface area contributed by atoms with Crippen molar-refractivity contribution in [3.05, 3.63) is 42.2 Å². The maximum Gasteiger partial charge on any atom is 0.237 e. The van der Waals surface area contributed by atoms with Crippen LogP contribution in [0.4, 0.5) is 0 Å². The molecule has 1 amide bonds. The lowest BCUT2D eigenvalue weighted by Crippen LogP contribution is -2.44. The van der Waals surface area contributed by atoms with Crippen LogP contribution in [-0.4, -0.2) is 41.6 Å². The van der Waals surface area contributed by atoms with Gasteiger partial charge in [-0.1, -0.05) is 35.5 Å². The third kappa shape index (κ3) is 4.45. The second-order valence-electron chi connectivity index (χ2n) is 6.59. The Bertz CT molecular complexity index is 664. The maximum absolute atomic E-state index is 12.0. The van der Waals surface area contributed by atoms with Crippen molar-refractivity contribution >= 4 is 5.91 Å². The van der Waals surface area contributed by atoms with Crippen molar-refractivity contribution in [2.75, 3.05) is 13.6 Å². The molecule has 1 aliphatic carbocycles. The summed E-state index contributed by atoms with van der Waals surface area (Å²) in [6, 6.07) is 12.3. The Morgan fingerprint density at radius 2 is 2.12 bits per heavy atom. The summed E-state index contributed by atoms with van der Waals surface area (Å²) in [6.07, 6.45) is 4.00. The highest BCUT2D eigenvalue weighted by atomic mass is 16.5. The van der Waals surface area contributed by atoms with Crippen LogP contribution in [0.1, 0.15) is 31.9 Å². The number of likely N-dealkylation sites (N-methyl/N-ethyl adjacent to an activating group) is 1. The van der Waals surface area contributed by atoms with Gasteiger partial charge >= 0.3 is 0 Å². The van der Waals surface area contributed by atoms with E-state index in [0.717, 1.165) is 49.2 Å². The maximum atomic E-state index is 12.0. The Labute approximate surface area is 143 Å². The summed E-state index contributed by atoms with van der Waals surface area (Å²) in [5.74, 6) is 1.02. The van der Waals surface area contributed by atoms with Gasteiger partial charge in [0.1, 0.15) is 11.5 Å². The summed E-state index contributed by atoms with van der Waals surface area (Å²) in [5.41, 5.74) is 1.94. The largest absolute Gasteiger partial charge is 0.361 e. The number of nitrogens with zero attached hydrogens (tertiary/aromatic N) is 2. The lowest BCUT2D eigenvalue weighted by molar-refractivity contribution is -0.125. The molecule has 24 heavy (non-hydrogen) atoms. The van der Waals surface area contributed by atoms with Gasteiger partial charge in [-0.05, 0) is 39.8 Å². The summed E-state index contributed by atoms with van der Waals surface area (Å²) in [6.45, 7) is 2.81. The van der Waals surface area contributed by atoms with Crippen LogP contribution in [0.5, 0.6) is 0 Å². The van der Waals surface area contributed by atoms with Crippen molar-refractivity contribution in [2.24, 2.45) is 0 Å². The second kappa shape index (κ2) is 7.62. The molecule has 1 aromatic carbocycles. The van der Waals surface area contributed by atoms with Crippen LogP contribution in [0.15, 0.2) is 40.9 Å². The van der Waals surface area contributed by atoms with Crippen molar-refractivity contribution in [2.45, 2.75) is 44.7 Å². The molecule has 0 radical (unpaired) electrons. The van der Waals surface area contributed by atoms with E-state index in [4.69, 9.17) is 4.52 Å². The van der Waals surface area contributed by atoms with Gasteiger partial charge in [-0.15, -0.1) is 0 Å². The molecule has 5 nitrogen and oxygen atoms in total. The van der Waals surface area contributed by atoms with E-state index >= 15 is 0 Å². The number of amides is 1. The van der Waals surface area contributed by atoms with Gasteiger partial charge in [-0.2, -0.15) is 0 Å². The molecule has 1 atom stereocenters. The van der Waals surface area contributed by atoms with Gasteiger partial charge in [-0.25, -0.2) is 0 Å². The minimum absolute atomic E-state index is 0.0970. The van der Waals surface area contributed by atoms with Crippen molar-refractivity contribution in [1.29, 1.82) is 0 Å². The zero-order chi connectivity index (χ0) is 16.9. The van der Waals surface area contributed by atoms with Crippen LogP contribution in [-0.2, 0) is 11.2 Å². The van der Waals surface area contributed by atoms with E-state index < -0.39 is 0 Å². The normalized spacial score (nSPS) is 15.5. The fourth-order valence-corrected chi connectivity index (χ4v) is 2.62. The monoisotopic (exact) mass is 327 g/mol. The average molecular weight is 327 g/mol. The number of carbonyl (C=O) groups excluding carboxylic acids is 1. The second-order valence-corrected chi connectivity index (χ2v) is 6.59. The Morgan fingerprint density at radius 3 is 2.83 bits per heavy atom. The number of aromatic nitrogens is 1. The molecule has 128 valence electrons. The van der Waals surface area contributed by atoms with Gasteiger partial charge < -0.3 is 9.84 Å². The smallest absolute Gasteiger partial charge is 0.237 e. The van der Waals surface area contributed by atoms with Gasteiger partial charge in [0.25, 0.3) is 0 Å². The predicted octanol–water partition coefficient (Wildman–Crippen LogP) is 2.87.